The molecule has 6 atom stereocenters. The monoisotopic (exact) mass is 1230 g/mol. The van der Waals surface area contributed by atoms with E-state index >= 15 is 0 Å². The Kier molecular flexibility index (Phi) is 55.2. The molecule has 3 unspecified atom stereocenters. The third-order valence-corrected chi connectivity index (χ3v) is 17.0. The van der Waals surface area contributed by atoms with Crippen molar-refractivity contribution in [1.82, 2.24) is 0 Å². The maximum Gasteiger partial charge on any atom is 0.472 e. The summed E-state index contributed by atoms with van der Waals surface area (Å²) < 4.78 is 68.0. The SMILES string of the molecule is CCCCCCCCCCCCCCC(=O)O[C@H](COC(=O)CCCCCCCCCCCCC)COP(=O)(O)OC[C@@H](O)COP(=O)(O)OC[C@@H](COC(=O)CCCCCCCCC(C)CC)OC(=O)CCCCCCCCCC(C)C. The van der Waals surface area contributed by atoms with Crippen molar-refractivity contribution >= 4 is 39.5 Å². The van der Waals surface area contributed by atoms with Crippen molar-refractivity contribution in [1.29, 1.82) is 0 Å². The van der Waals surface area contributed by atoms with Crippen LogP contribution in [0.25, 0.3) is 0 Å². The van der Waals surface area contributed by atoms with E-state index in [0.717, 1.165) is 102 Å². The Bertz CT molecular complexity index is 1630. The van der Waals surface area contributed by atoms with Crippen LogP contribution in [0.4, 0.5) is 0 Å². The molecule has 19 heteroatoms. The van der Waals surface area contributed by atoms with Crippen LogP contribution in [0, 0.1) is 11.8 Å². The first kappa shape index (κ1) is 81.1. The van der Waals surface area contributed by atoms with Crippen LogP contribution in [0.3, 0.4) is 0 Å². The lowest BCUT2D eigenvalue weighted by Crippen LogP contribution is -2.30. The average Bonchev–Trinajstić information content (AvgIpc) is 3.47. The third-order valence-electron chi connectivity index (χ3n) is 15.1. The summed E-state index contributed by atoms with van der Waals surface area (Å²) in [6, 6.07) is 0. The lowest BCUT2D eigenvalue weighted by Gasteiger charge is -2.21. The lowest BCUT2D eigenvalue weighted by atomic mass is 10.00. The number of esters is 4. The van der Waals surface area contributed by atoms with E-state index in [1.54, 1.807) is 0 Å². The number of ether oxygens (including phenoxy) is 4. The van der Waals surface area contributed by atoms with Crippen molar-refractivity contribution in [2.75, 3.05) is 39.6 Å². The van der Waals surface area contributed by atoms with Crippen LogP contribution in [0.2, 0.25) is 0 Å². The average molecular weight is 1230 g/mol. The Morgan fingerprint density at radius 1 is 0.349 bits per heavy atom. The molecule has 0 radical (unpaired) electrons. The molecule has 0 aromatic rings. The second-order valence-corrected chi connectivity index (χ2v) is 26.8. The summed E-state index contributed by atoms with van der Waals surface area (Å²) in [6.45, 7) is 9.39. The Morgan fingerprint density at radius 3 is 0.916 bits per heavy atom. The summed E-state index contributed by atoms with van der Waals surface area (Å²) in [5, 5.41) is 10.5. The van der Waals surface area contributed by atoms with E-state index in [1.165, 1.54) is 128 Å². The van der Waals surface area contributed by atoms with Crippen LogP contribution in [0.1, 0.15) is 318 Å². The zero-order valence-corrected chi connectivity index (χ0v) is 55.3. The van der Waals surface area contributed by atoms with Crippen molar-refractivity contribution in [3.8, 4) is 0 Å². The first-order chi connectivity index (χ1) is 39.9. The molecule has 0 aliphatic heterocycles. The Labute approximate surface area is 505 Å². The van der Waals surface area contributed by atoms with Gasteiger partial charge in [0, 0.05) is 25.7 Å². The Morgan fingerprint density at radius 2 is 0.614 bits per heavy atom. The number of phosphoric acid groups is 2. The summed E-state index contributed by atoms with van der Waals surface area (Å²) in [6.07, 6.45) is 38.9. The number of hydrogen-bond donors (Lipinski definition) is 3. The van der Waals surface area contributed by atoms with E-state index in [0.29, 0.717) is 31.6 Å². The number of aliphatic hydroxyl groups excluding tert-OH is 1. The number of unbranched alkanes of at least 4 members (excludes halogenated alkanes) is 32. The van der Waals surface area contributed by atoms with Gasteiger partial charge in [-0.15, -0.1) is 0 Å². The van der Waals surface area contributed by atoms with Gasteiger partial charge >= 0.3 is 39.5 Å². The Balaban J connectivity index is 5.25. The smallest absolute Gasteiger partial charge is 0.462 e. The van der Waals surface area contributed by atoms with Gasteiger partial charge in [0.1, 0.15) is 19.3 Å². The van der Waals surface area contributed by atoms with E-state index in [4.69, 9.17) is 37.0 Å². The summed E-state index contributed by atoms with van der Waals surface area (Å²) in [5.74, 6) is -0.708. The molecule has 83 heavy (non-hydrogen) atoms. The van der Waals surface area contributed by atoms with Crippen molar-refractivity contribution in [2.24, 2.45) is 11.8 Å². The van der Waals surface area contributed by atoms with Gasteiger partial charge in [-0.1, -0.05) is 266 Å². The number of phosphoric ester groups is 2. The summed E-state index contributed by atoms with van der Waals surface area (Å²) in [4.78, 5) is 72.2. The molecule has 17 nitrogen and oxygen atoms in total. The molecule has 0 aliphatic carbocycles. The van der Waals surface area contributed by atoms with Crippen molar-refractivity contribution in [3.63, 3.8) is 0 Å². The first-order valence-electron chi connectivity index (χ1n) is 33.5. The highest BCUT2D eigenvalue weighted by Crippen LogP contribution is 2.45. The van der Waals surface area contributed by atoms with Gasteiger partial charge < -0.3 is 33.8 Å². The predicted molar refractivity (Wildman–Crippen MR) is 331 cm³/mol. The molecule has 0 bridgehead atoms. The molecule has 0 heterocycles. The molecular weight excluding hydrogens is 1100 g/mol. The van der Waals surface area contributed by atoms with Gasteiger partial charge in [-0.05, 0) is 37.5 Å². The molecule has 0 rings (SSSR count). The number of carbonyl (C=O) groups excluding carboxylic acids is 4. The van der Waals surface area contributed by atoms with E-state index in [9.17, 15) is 43.2 Å². The number of aliphatic hydroxyl groups is 1. The van der Waals surface area contributed by atoms with Crippen molar-refractivity contribution in [3.05, 3.63) is 0 Å². The highest BCUT2D eigenvalue weighted by Gasteiger charge is 2.30. The summed E-state index contributed by atoms with van der Waals surface area (Å²) >= 11 is 0. The highest BCUT2D eigenvalue weighted by molar-refractivity contribution is 7.47. The quantitative estimate of drug-likeness (QED) is 0.0222. The standard InChI is InChI=1S/C64H124O17P2/c1-7-10-12-14-16-18-20-22-24-28-36-42-48-63(68)80-59(52-74-61(66)46-40-34-27-23-21-19-17-15-13-11-8-2)54-78-82(70,71)76-50-58(65)51-77-83(72,73)79-55-60(81-64(69)49-43-37-29-25-26-32-38-44-56(4)5)53-75-62(67)47-41-35-31-30-33-39-45-57(6)9-3/h56-60,65H,7-55H2,1-6H3,(H,70,71)(H,72,73)/t57?,58-,59-,60-/m1/s1. The van der Waals surface area contributed by atoms with Gasteiger partial charge in [0.25, 0.3) is 0 Å². The van der Waals surface area contributed by atoms with Gasteiger partial charge in [-0.3, -0.25) is 37.3 Å². The van der Waals surface area contributed by atoms with Gasteiger partial charge in [0.15, 0.2) is 12.2 Å². The molecule has 0 saturated heterocycles. The normalized spacial score (nSPS) is 14.6. The highest BCUT2D eigenvalue weighted by atomic mass is 31.2. The molecule has 0 spiro atoms. The maximum atomic E-state index is 13.0. The number of hydrogen-bond acceptors (Lipinski definition) is 15. The van der Waals surface area contributed by atoms with Crippen LogP contribution in [-0.2, 0) is 65.4 Å². The fourth-order valence-corrected chi connectivity index (χ4v) is 11.1. The van der Waals surface area contributed by atoms with E-state index < -0.39 is 97.5 Å². The minimum atomic E-state index is -4.94. The minimum absolute atomic E-state index is 0.103. The van der Waals surface area contributed by atoms with Gasteiger partial charge in [0.05, 0.1) is 26.4 Å². The number of rotatable bonds is 63. The fraction of sp³-hybridized carbons (Fsp3) is 0.938. The van der Waals surface area contributed by atoms with Crippen LogP contribution in [0.15, 0.2) is 0 Å². The van der Waals surface area contributed by atoms with Gasteiger partial charge in [0.2, 0.25) is 0 Å². The molecular formula is C64H124O17P2. The van der Waals surface area contributed by atoms with E-state index in [1.807, 2.05) is 0 Å². The summed E-state index contributed by atoms with van der Waals surface area (Å²) in [7, 11) is -9.89. The third kappa shape index (κ3) is 57.6. The number of carbonyl (C=O) groups is 4. The molecule has 3 N–H and O–H groups in total. The summed E-state index contributed by atoms with van der Waals surface area (Å²) in [5.41, 5.74) is 0. The van der Waals surface area contributed by atoms with Crippen LogP contribution >= 0.6 is 15.6 Å². The fourth-order valence-electron chi connectivity index (χ4n) is 9.50. The molecule has 0 fully saturated rings. The molecule has 0 amide bonds. The zero-order valence-electron chi connectivity index (χ0n) is 53.5. The second kappa shape index (κ2) is 56.6. The van der Waals surface area contributed by atoms with Crippen molar-refractivity contribution < 1.29 is 80.2 Å². The van der Waals surface area contributed by atoms with Crippen LogP contribution < -0.4 is 0 Å². The molecule has 0 aromatic heterocycles. The first-order valence-corrected chi connectivity index (χ1v) is 36.5. The predicted octanol–water partition coefficient (Wildman–Crippen LogP) is 17.7. The topological polar surface area (TPSA) is 237 Å². The van der Waals surface area contributed by atoms with Gasteiger partial charge in [-0.2, -0.15) is 0 Å². The van der Waals surface area contributed by atoms with Crippen molar-refractivity contribution in [2.45, 2.75) is 336 Å². The second-order valence-electron chi connectivity index (χ2n) is 23.9. The minimum Gasteiger partial charge on any atom is -0.462 e. The molecule has 0 saturated carbocycles. The van der Waals surface area contributed by atoms with E-state index in [-0.39, 0.29) is 25.7 Å². The van der Waals surface area contributed by atoms with E-state index in [2.05, 4.69) is 41.5 Å². The maximum absolute atomic E-state index is 13.0. The molecule has 0 aromatic carbocycles. The van der Waals surface area contributed by atoms with Gasteiger partial charge in [-0.25, -0.2) is 9.13 Å². The lowest BCUT2D eigenvalue weighted by molar-refractivity contribution is -0.161. The Hall–Kier alpha value is -1.94. The zero-order chi connectivity index (χ0) is 61.5. The largest absolute Gasteiger partial charge is 0.472 e. The molecule has 0 aliphatic rings. The molecule has 492 valence electrons. The van der Waals surface area contributed by atoms with Crippen LogP contribution in [0.5, 0.6) is 0 Å². The van der Waals surface area contributed by atoms with Crippen LogP contribution in [-0.4, -0.2) is 96.7 Å².